The van der Waals surface area contributed by atoms with Crippen molar-refractivity contribution < 1.29 is 18.8 Å². The van der Waals surface area contributed by atoms with Crippen LogP contribution in [0.25, 0.3) is 0 Å². The van der Waals surface area contributed by atoms with Crippen LogP contribution in [-0.2, 0) is 14.0 Å². The van der Waals surface area contributed by atoms with Crippen LogP contribution in [0.1, 0.15) is 60.8 Å². The average molecular weight is 385 g/mol. The summed E-state index contributed by atoms with van der Waals surface area (Å²) in [4.78, 5) is 26.7. The van der Waals surface area contributed by atoms with Gasteiger partial charge in [0, 0.05) is 6.54 Å². The molecule has 0 unspecified atom stereocenters. The summed E-state index contributed by atoms with van der Waals surface area (Å²) in [6.07, 6.45) is 1.95. The minimum atomic E-state index is -1.87. The first-order chi connectivity index (χ1) is 11.7. The largest absolute Gasteiger partial charge is 0.444 e. The number of rotatable bonds is 3. The molecular weight excluding hydrogens is 348 g/mol. The van der Waals surface area contributed by atoms with Crippen molar-refractivity contribution >= 4 is 20.3 Å². The van der Waals surface area contributed by atoms with Crippen molar-refractivity contribution in [2.24, 2.45) is 0 Å². The molecule has 150 valence electrons. The van der Waals surface area contributed by atoms with E-state index >= 15 is 0 Å². The van der Waals surface area contributed by atoms with Crippen LogP contribution < -0.4 is 5.32 Å². The van der Waals surface area contributed by atoms with Gasteiger partial charge in [-0.05, 0) is 58.2 Å². The van der Waals surface area contributed by atoms with Gasteiger partial charge < -0.3 is 19.4 Å². The highest BCUT2D eigenvalue weighted by molar-refractivity contribution is 6.74. The lowest BCUT2D eigenvalue weighted by Crippen LogP contribution is -2.57. The van der Waals surface area contributed by atoms with Crippen molar-refractivity contribution in [3.63, 3.8) is 0 Å². The molecule has 0 aromatic heterocycles. The third-order valence-corrected chi connectivity index (χ3v) is 10.3. The van der Waals surface area contributed by atoms with Gasteiger partial charge in [0.1, 0.15) is 11.6 Å². The van der Waals surface area contributed by atoms with E-state index in [0.29, 0.717) is 13.0 Å². The lowest BCUT2D eigenvalue weighted by atomic mass is 9.97. The summed E-state index contributed by atoms with van der Waals surface area (Å²) in [5.41, 5.74) is -0.569. The Balaban J connectivity index is 1.98. The number of hydrogen-bond donors (Lipinski definition) is 1. The summed E-state index contributed by atoms with van der Waals surface area (Å²) in [7, 11) is -1.87. The molecule has 26 heavy (non-hydrogen) atoms. The molecule has 2 aliphatic rings. The fourth-order valence-corrected chi connectivity index (χ4v) is 4.76. The molecule has 6 nitrogen and oxygen atoms in total. The SMILES string of the molecule is CC(C)(C)OC(=O)N[C@@H]1CC[C@H]2[C@H](O[Si](C)(C)C(C)(C)C)CCN2C1=O. The third kappa shape index (κ3) is 4.79. The summed E-state index contributed by atoms with van der Waals surface area (Å²) in [5.74, 6) is -0.00607. The van der Waals surface area contributed by atoms with Gasteiger partial charge in [0.05, 0.1) is 12.1 Å². The monoisotopic (exact) mass is 384 g/mol. The molecule has 0 saturated carbocycles. The van der Waals surface area contributed by atoms with Crippen LogP contribution in [0.4, 0.5) is 4.79 Å². The Morgan fingerprint density at radius 2 is 1.73 bits per heavy atom. The molecule has 0 aliphatic carbocycles. The smallest absolute Gasteiger partial charge is 0.408 e. The molecule has 0 aromatic carbocycles. The first-order valence-corrected chi connectivity index (χ1v) is 12.6. The van der Waals surface area contributed by atoms with Crippen molar-refractivity contribution in [1.29, 1.82) is 0 Å². The van der Waals surface area contributed by atoms with Gasteiger partial charge in [0.2, 0.25) is 5.91 Å². The maximum Gasteiger partial charge on any atom is 0.408 e. The number of amides is 2. The number of piperidine rings is 1. The van der Waals surface area contributed by atoms with E-state index in [4.69, 9.17) is 9.16 Å². The van der Waals surface area contributed by atoms with Crippen LogP contribution in [0.3, 0.4) is 0 Å². The molecule has 2 saturated heterocycles. The predicted molar refractivity (Wildman–Crippen MR) is 105 cm³/mol. The van der Waals surface area contributed by atoms with E-state index in [9.17, 15) is 9.59 Å². The van der Waals surface area contributed by atoms with Crippen LogP contribution >= 0.6 is 0 Å². The Morgan fingerprint density at radius 3 is 2.27 bits per heavy atom. The van der Waals surface area contributed by atoms with Gasteiger partial charge in [-0.2, -0.15) is 0 Å². The van der Waals surface area contributed by atoms with Crippen molar-refractivity contribution in [2.75, 3.05) is 6.54 Å². The van der Waals surface area contributed by atoms with Gasteiger partial charge in [-0.25, -0.2) is 4.79 Å². The molecular formula is C19H36N2O4Si. The molecule has 1 N–H and O–H groups in total. The molecule has 2 amide bonds. The van der Waals surface area contributed by atoms with Crippen molar-refractivity contribution in [3.8, 4) is 0 Å². The summed E-state index contributed by atoms with van der Waals surface area (Å²) in [6.45, 7) is 17.4. The Bertz CT molecular complexity index is 551. The van der Waals surface area contributed by atoms with Crippen molar-refractivity contribution in [2.45, 2.75) is 103 Å². The molecule has 0 aromatic rings. The third-order valence-electron chi connectivity index (χ3n) is 5.76. The lowest BCUT2D eigenvalue weighted by molar-refractivity contribution is -0.138. The molecule has 2 aliphatic heterocycles. The summed E-state index contributed by atoms with van der Waals surface area (Å²) < 4.78 is 11.9. The van der Waals surface area contributed by atoms with Gasteiger partial charge >= 0.3 is 6.09 Å². The second-order valence-electron chi connectivity index (χ2n) is 10.1. The van der Waals surface area contributed by atoms with Gasteiger partial charge in [0.25, 0.3) is 0 Å². The van der Waals surface area contributed by atoms with E-state index in [1.165, 1.54) is 0 Å². The molecule has 0 radical (unpaired) electrons. The normalized spacial score (nSPS) is 27.3. The quantitative estimate of drug-likeness (QED) is 0.754. The lowest BCUT2D eigenvalue weighted by Gasteiger charge is -2.42. The second kappa shape index (κ2) is 7.15. The minimum Gasteiger partial charge on any atom is -0.444 e. The summed E-state index contributed by atoms with van der Waals surface area (Å²) in [6, 6.07) is -0.360. The number of ether oxygens (including phenoxy) is 1. The summed E-state index contributed by atoms with van der Waals surface area (Å²) >= 11 is 0. The van der Waals surface area contributed by atoms with Crippen LogP contribution in [-0.4, -0.2) is 55.6 Å². The number of nitrogens with zero attached hydrogens (tertiary/aromatic N) is 1. The minimum absolute atomic E-state index is 0.00607. The molecule has 0 bridgehead atoms. The number of nitrogens with one attached hydrogen (secondary N) is 1. The first-order valence-electron chi connectivity index (χ1n) is 9.69. The predicted octanol–water partition coefficient (Wildman–Crippen LogP) is 3.66. The number of carbonyl (C=O) groups excluding carboxylic acids is 2. The van der Waals surface area contributed by atoms with E-state index in [1.807, 2.05) is 25.7 Å². The van der Waals surface area contributed by atoms with Crippen molar-refractivity contribution in [3.05, 3.63) is 0 Å². The Labute approximate surface area is 159 Å². The number of fused-ring (bicyclic) bond motifs is 1. The number of hydrogen-bond acceptors (Lipinski definition) is 4. The molecule has 2 heterocycles. The average Bonchev–Trinajstić information content (AvgIpc) is 2.82. The van der Waals surface area contributed by atoms with E-state index in [2.05, 4.69) is 39.2 Å². The van der Waals surface area contributed by atoms with Gasteiger partial charge in [-0.15, -0.1) is 0 Å². The molecule has 2 fully saturated rings. The number of alkyl carbamates (subject to hydrolysis) is 1. The maximum absolute atomic E-state index is 12.8. The second-order valence-corrected chi connectivity index (χ2v) is 14.8. The summed E-state index contributed by atoms with van der Waals surface area (Å²) in [5, 5.41) is 2.89. The molecule has 0 spiro atoms. The maximum atomic E-state index is 12.8. The zero-order valence-electron chi connectivity index (χ0n) is 17.6. The zero-order chi connectivity index (χ0) is 19.9. The fourth-order valence-electron chi connectivity index (χ4n) is 3.38. The van der Waals surface area contributed by atoms with E-state index < -0.39 is 26.1 Å². The highest BCUT2D eigenvalue weighted by atomic mass is 28.4. The van der Waals surface area contributed by atoms with Gasteiger partial charge in [-0.1, -0.05) is 20.8 Å². The van der Waals surface area contributed by atoms with Gasteiger partial charge in [-0.3, -0.25) is 4.79 Å². The molecule has 3 atom stereocenters. The van der Waals surface area contributed by atoms with Crippen LogP contribution in [0, 0.1) is 0 Å². The van der Waals surface area contributed by atoms with E-state index in [-0.39, 0.29) is 23.1 Å². The van der Waals surface area contributed by atoms with Crippen molar-refractivity contribution in [1.82, 2.24) is 10.2 Å². The Hall–Kier alpha value is -1.08. The van der Waals surface area contributed by atoms with E-state index in [0.717, 1.165) is 12.8 Å². The van der Waals surface area contributed by atoms with Crippen LogP contribution in [0.5, 0.6) is 0 Å². The topological polar surface area (TPSA) is 67.9 Å². The number of carbonyl (C=O) groups is 2. The van der Waals surface area contributed by atoms with Crippen LogP contribution in [0.2, 0.25) is 18.1 Å². The van der Waals surface area contributed by atoms with Gasteiger partial charge in [0.15, 0.2) is 8.32 Å². The first kappa shape index (κ1) is 21.2. The Morgan fingerprint density at radius 1 is 1.12 bits per heavy atom. The van der Waals surface area contributed by atoms with Crippen LogP contribution in [0.15, 0.2) is 0 Å². The standard InChI is InChI=1S/C19H36N2O4Si/c1-18(2,3)24-17(23)20-13-9-10-14-15(11-12-21(14)16(13)22)25-26(7,8)19(4,5)6/h13-15H,9-12H2,1-8H3,(H,20,23)/t13-,14+,15-/m1/s1. The molecule has 2 rings (SSSR count). The Kier molecular flexibility index (Phi) is 5.83. The molecule has 7 heteroatoms. The zero-order valence-corrected chi connectivity index (χ0v) is 18.6. The fraction of sp³-hybridized carbons (Fsp3) is 0.895. The van der Waals surface area contributed by atoms with E-state index in [1.54, 1.807) is 0 Å². The highest BCUT2D eigenvalue weighted by Crippen LogP contribution is 2.40. The highest BCUT2D eigenvalue weighted by Gasteiger charge is 2.48.